The third-order valence-corrected chi connectivity index (χ3v) is 2.30. The van der Waals surface area contributed by atoms with Crippen molar-refractivity contribution in [2.45, 2.75) is 0 Å². The van der Waals surface area contributed by atoms with Gasteiger partial charge in [-0.25, -0.2) is 8.78 Å². The average Bonchev–Trinajstić information content (AvgIpc) is 2.63. The summed E-state index contributed by atoms with van der Waals surface area (Å²) < 4.78 is 31.0. The lowest BCUT2D eigenvalue weighted by Gasteiger charge is -2.06. The Kier molecular flexibility index (Phi) is 2.43. The Morgan fingerprint density at radius 1 is 1.44 bits per heavy atom. The van der Waals surface area contributed by atoms with Crippen molar-refractivity contribution in [3.8, 4) is 16.9 Å². The van der Waals surface area contributed by atoms with Gasteiger partial charge in [-0.05, 0) is 6.07 Å². The van der Waals surface area contributed by atoms with Crippen molar-refractivity contribution in [3.05, 3.63) is 28.9 Å². The largest absolute Gasteiger partial charge is 0.506 e. The van der Waals surface area contributed by atoms with Crippen molar-refractivity contribution in [1.82, 2.24) is 5.16 Å². The van der Waals surface area contributed by atoms with Gasteiger partial charge in [0.1, 0.15) is 5.75 Å². The molecule has 0 unspecified atom stereocenters. The third kappa shape index (κ3) is 1.47. The number of aromatic nitrogens is 1. The highest BCUT2D eigenvalue weighted by Gasteiger charge is 2.22. The smallest absolute Gasteiger partial charge is 0.230 e. The van der Waals surface area contributed by atoms with Crippen LogP contribution < -0.4 is 5.73 Å². The van der Waals surface area contributed by atoms with Gasteiger partial charge in [-0.15, -0.1) is 0 Å². The lowest BCUT2D eigenvalue weighted by Crippen LogP contribution is -1.93. The van der Waals surface area contributed by atoms with Crippen LogP contribution >= 0.6 is 11.6 Å². The number of benzene rings is 1. The number of aromatic hydroxyl groups is 1. The van der Waals surface area contributed by atoms with Gasteiger partial charge in [0.25, 0.3) is 0 Å². The van der Waals surface area contributed by atoms with E-state index in [-0.39, 0.29) is 16.5 Å². The Bertz CT molecular complexity index is 530. The summed E-state index contributed by atoms with van der Waals surface area (Å²) in [5, 5.41) is 12.5. The van der Waals surface area contributed by atoms with E-state index in [1.165, 1.54) is 0 Å². The summed E-state index contributed by atoms with van der Waals surface area (Å²) in [6, 6.07) is 0.666. The first-order valence-electron chi connectivity index (χ1n) is 4.09. The first kappa shape index (κ1) is 10.7. The fourth-order valence-electron chi connectivity index (χ4n) is 1.27. The molecule has 3 N–H and O–H groups in total. The molecule has 0 saturated heterocycles. The molecular weight excluding hydrogens is 242 g/mol. The average molecular weight is 247 g/mol. The molecule has 2 rings (SSSR count). The highest BCUT2D eigenvalue weighted by atomic mass is 35.5. The maximum absolute atomic E-state index is 13.5. The Hall–Kier alpha value is -1.82. The number of rotatable bonds is 1. The minimum absolute atomic E-state index is 0.0589. The number of nitrogen functional groups attached to an aromatic ring is 1. The molecule has 0 fully saturated rings. The minimum Gasteiger partial charge on any atom is -0.506 e. The van der Waals surface area contributed by atoms with E-state index < -0.39 is 22.9 Å². The number of hydrogen-bond acceptors (Lipinski definition) is 4. The summed E-state index contributed by atoms with van der Waals surface area (Å²) in [7, 11) is 0. The number of phenols is 1. The fraction of sp³-hybridized carbons (Fsp3) is 0. The highest BCUT2D eigenvalue weighted by Crippen LogP contribution is 2.40. The number of halogens is 3. The van der Waals surface area contributed by atoms with Crippen LogP contribution in [0.3, 0.4) is 0 Å². The molecule has 2 aromatic rings. The van der Waals surface area contributed by atoms with Crippen LogP contribution in [0, 0.1) is 11.6 Å². The van der Waals surface area contributed by atoms with Crippen LogP contribution in [-0.4, -0.2) is 10.3 Å². The van der Waals surface area contributed by atoms with Crippen molar-refractivity contribution in [1.29, 1.82) is 0 Å². The highest BCUT2D eigenvalue weighted by molar-refractivity contribution is 6.32. The number of phenolic OH excluding ortho intramolecular Hbond substituents is 1. The molecule has 16 heavy (non-hydrogen) atoms. The van der Waals surface area contributed by atoms with Crippen LogP contribution in [-0.2, 0) is 0 Å². The van der Waals surface area contributed by atoms with Crippen molar-refractivity contribution >= 4 is 17.5 Å². The van der Waals surface area contributed by atoms with Gasteiger partial charge in [-0.1, -0.05) is 16.8 Å². The molecule has 0 aliphatic heterocycles. The van der Waals surface area contributed by atoms with Gasteiger partial charge in [-0.2, -0.15) is 0 Å². The van der Waals surface area contributed by atoms with Gasteiger partial charge >= 0.3 is 0 Å². The van der Waals surface area contributed by atoms with Gasteiger partial charge in [0.2, 0.25) is 5.88 Å². The zero-order chi connectivity index (χ0) is 11.9. The minimum atomic E-state index is -1.27. The molecule has 84 valence electrons. The quantitative estimate of drug-likeness (QED) is 0.759. The summed E-state index contributed by atoms with van der Waals surface area (Å²) in [4.78, 5) is 0. The molecule has 0 aliphatic carbocycles. The van der Waals surface area contributed by atoms with E-state index in [1.807, 2.05) is 0 Å². The molecule has 4 nitrogen and oxygen atoms in total. The molecule has 0 aliphatic rings. The van der Waals surface area contributed by atoms with Crippen LogP contribution in [0.15, 0.2) is 16.8 Å². The Balaban J connectivity index is 2.79. The van der Waals surface area contributed by atoms with Gasteiger partial charge in [0.15, 0.2) is 11.6 Å². The van der Waals surface area contributed by atoms with E-state index in [1.54, 1.807) is 0 Å². The first-order chi connectivity index (χ1) is 7.52. The summed E-state index contributed by atoms with van der Waals surface area (Å²) in [6.07, 6.45) is 1.06. The zero-order valence-electron chi connectivity index (χ0n) is 7.67. The summed E-state index contributed by atoms with van der Waals surface area (Å²) in [5.74, 6) is -3.32. The lowest BCUT2D eigenvalue weighted by atomic mass is 10.1. The van der Waals surface area contributed by atoms with Crippen molar-refractivity contribution < 1.29 is 18.4 Å². The topological polar surface area (TPSA) is 72.3 Å². The number of nitrogens with two attached hydrogens (primary N) is 1. The van der Waals surface area contributed by atoms with Crippen LogP contribution in [0.1, 0.15) is 0 Å². The SMILES string of the molecule is Nc1oncc1-c1c(O)c(Cl)cc(F)c1F. The van der Waals surface area contributed by atoms with E-state index >= 15 is 0 Å². The molecule has 1 aromatic carbocycles. The second kappa shape index (κ2) is 3.64. The van der Waals surface area contributed by atoms with Crippen LogP contribution in [0.25, 0.3) is 11.1 Å². The van der Waals surface area contributed by atoms with Crippen LogP contribution in [0.5, 0.6) is 5.75 Å². The van der Waals surface area contributed by atoms with Gasteiger partial charge < -0.3 is 15.4 Å². The van der Waals surface area contributed by atoms with E-state index in [4.69, 9.17) is 17.3 Å². The number of nitrogens with zero attached hydrogens (tertiary/aromatic N) is 1. The molecule has 0 saturated carbocycles. The lowest BCUT2D eigenvalue weighted by molar-refractivity contribution is 0.436. The third-order valence-electron chi connectivity index (χ3n) is 2.01. The molecule has 0 amide bonds. The maximum atomic E-state index is 13.5. The molecular formula is C9H5ClF2N2O2. The number of anilines is 1. The first-order valence-corrected chi connectivity index (χ1v) is 4.47. The van der Waals surface area contributed by atoms with Crippen molar-refractivity contribution in [2.75, 3.05) is 5.73 Å². The van der Waals surface area contributed by atoms with E-state index in [0.717, 1.165) is 6.20 Å². The predicted octanol–water partition coefficient (Wildman–Crippen LogP) is 2.56. The van der Waals surface area contributed by atoms with E-state index in [0.29, 0.717) is 6.07 Å². The molecule has 0 spiro atoms. The summed E-state index contributed by atoms with van der Waals surface area (Å²) in [6.45, 7) is 0. The number of hydrogen-bond donors (Lipinski definition) is 2. The van der Waals surface area contributed by atoms with Gasteiger partial charge in [0, 0.05) is 0 Å². The predicted molar refractivity (Wildman–Crippen MR) is 52.9 cm³/mol. The molecule has 1 heterocycles. The zero-order valence-corrected chi connectivity index (χ0v) is 8.42. The molecule has 7 heteroatoms. The van der Waals surface area contributed by atoms with Crippen LogP contribution in [0.2, 0.25) is 5.02 Å². The van der Waals surface area contributed by atoms with Gasteiger partial charge in [0.05, 0.1) is 22.3 Å². The summed E-state index contributed by atoms with van der Waals surface area (Å²) in [5.41, 5.74) is 4.81. The van der Waals surface area contributed by atoms with Crippen molar-refractivity contribution in [2.24, 2.45) is 0 Å². The Morgan fingerprint density at radius 2 is 2.12 bits per heavy atom. The molecule has 0 radical (unpaired) electrons. The van der Waals surface area contributed by atoms with Gasteiger partial charge in [-0.3, -0.25) is 0 Å². The Labute approximate surface area is 93.2 Å². The standard InChI is InChI=1S/C9H5ClF2N2O2/c10-4-1-5(11)7(12)6(8(4)15)3-2-14-16-9(3)13/h1-2,15H,13H2. The monoisotopic (exact) mass is 246 g/mol. The normalized spacial score (nSPS) is 10.7. The Morgan fingerprint density at radius 3 is 2.69 bits per heavy atom. The summed E-state index contributed by atoms with van der Waals surface area (Å²) >= 11 is 5.51. The van der Waals surface area contributed by atoms with E-state index in [9.17, 15) is 13.9 Å². The molecule has 0 atom stereocenters. The van der Waals surface area contributed by atoms with Crippen molar-refractivity contribution in [3.63, 3.8) is 0 Å². The maximum Gasteiger partial charge on any atom is 0.230 e. The molecule has 1 aromatic heterocycles. The second-order valence-corrected chi connectivity index (χ2v) is 3.39. The molecule has 0 bridgehead atoms. The van der Waals surface area contributed by atoms with Crippen LogP contribution in [0.4, 0.5) is 14.7 Å². The fourth-order valence-corrected chi connectivity index (χ4v) is 1.46. The van der Waals surface area contributed by atoms with E-state index in [2.05, 4.69) is 9.68 Å². The second-order valence-electron chi connectivity index (χ2n) is 2.98.